The first-order valence-electron chi connectivity index (χ1n) is 8.30. The first kappa shape index (κ1) is 18.0. The van der Waals surface area contributed by atoms with Crippen LogP contribution >= 0.6 is 23.4 Å². The maximum atomic E-state index is 12.4. The Morgan fingerprint density at radius 1 is 1.36 bits per heavy atom. The maximum absolute atomic E-state index is 12.4. The van der Waals surface area contributed by atoms with Gasteiger partial charge in [-0.05, 0) is 57.2 Å². The van der Waals surface area contributed by atoms with Crippen molar-refractivity contribution in [1.82, 2.24) is 9.97 Å². The van der Waals surface area contributed by atoms with Crippen LogP contribution in [0.2, 0.25) is 5.02 Å². The number of aryl methyl sites for hydroxylation is 2. The Morgan fingerprint density at radius 2 is 2.12 bits per heavy atom. The van der Waals surface area contributed by atoms with Gasteiger partial charge >= 0.3 is 0 Å². The molecule has 1 aromatic carbocycles. The van der Waals surface area contributed by atoms with Gasteiger partial charge in [0.05, 0.1) is 10.9 Å². The number of aromatic nitrogens is 2. The molecule has 3 rings (SSSR count). The molecular weight excluding hydrogens is 358 g/mol. The van der Waals surface area contributed by atoms with Gasteiger partial charge in [0.2, 0.25) is 5.91 Å². The highest BCUT2D eigenvalue weighted by Crippen LogP contribution is 2.24. The average Bonchev–Trinajstić information content (AvgIpc) is 2.58. The standard InChI is InChI=1S/C18H20ClN3O2S/c1-10-7-8-12(9-14(10)19)20-16(23)11(2)25-18-21-15-6-4-3-5-13(15)17(24)22-18/h7-9,11H,3-6H2,1-2H3,(H,20,23)(H,21,22,24)/t11-/m0/s1. The van der Waals surface area contributed by atoms with Crippen LogP contribution in [0.4, 0.5) is 5.69 Å². The first-order valence-corrected chi connectivity index (χ1v) is 9.55. The van der Waals surface area contributed by atoms with E-state index in [1.165, 1.54) is 11.8 Å². The van der Waals surface area contributed by atoms with Crippen LogP contribution < -0.4 is 10.9 Å². The van der Waals surface area contributed by atoms with Crippen LogP contribution in [0.5, 0.6) is 0 Å². The molecule has 2 N–H and O–H groups in total. The van der Waals surface area contributed by atoms with Crippen LogP contribution in [0.1, 0.15) is 36.6 Å². The lowest BCUT2D eigenvalue weighted by atomic mass is 9.97. The molecule has 132 valence electrons. The van der Waals surface area contributed by atoms with E-state index >= 15 is 0 Å². The zero-order valence-electron chi connectivity index (χ0n) is 14.2. The molecular formula is C18H20ClN3O2S. The number of halogens is 1. The third kappa shape index (κ3) is 4.25. The fraction of sp³-hybridized carbons (Fsp3) is 0.389. The van der Waals surface area contributed by atoms with Crippen molar-refractivity contribution in [3.05, 3.63) is 50.4 Å². The minimum absolute atomic E-state index is 0.0786. The molecule has 1 heterocycles. The molecule has 0 saturated heterocycles. The van der Waals surface area contributed by atoms with Crippen LogP contribution in [0, 0.1) is 6.92 Å². The molecule has 1 aromatic heterocycles. The number of amides is 1. The van der Waals surface area contributed by atoms with E-state index in [9.17, 15) is 9.59 Å². The highest BCUT2D eigenvalue weighted by atomic mass is 35.5. The number of thioether (sulfide) groups is 1. The second-order valence-electron chi connectivity index (χ2n) is 6.22. The Balaban J connectivity index is 1.70. The Morgan fingerprint density at radius 3 is 2.88 bits per heavy atom. The van der Waals surface area contributed by atoms with Crippen molar-refractivity contribution in [2.45, 2.75) is 49.9 Å². The molecule has 0 radical (unpaired) electrons. The molecule has 5 nitrogen and oxygen atoms in total. The second-order valence-corrected chi connectivity index (χ2v) is 7.95. The third-order valence-electron chi connectivity index (χ3n) is 4.27. The van der Waals surface area contributed by atoms with E-state index in [4.69, 9.17) is 11.6 Å². The summed E-state index contributed by atoms with van der Waals surface area (Å²) in [7, 11) is 0. The zero-order chi connectivity index (χ0) is 18.0. The Kier molecular flexibility index (Phi) is 5.49. The van der Waals surface area contributed by atoms with Gasteiger partial charge in [-0.15, -0.1) is 0 Å². The van der Waals surface area contributed by atoms with Gasteiger partial charge in [-0.1, -0.05) is 29.4 Å². The van der Waals surface area contributed by atoms with Gasteiger partial charge in [0, 0.05) is 16.3 Å². The number of benzene rings is 1. The fourth-order valence-electron chi connectivity index (χ4n) is 2.77. The molecule has 0 spiro atoms. The van der Waals surface area contributed by atoms with Crippen LogP contribution in [0.25, 0.3) is 0 Å². The van der Waals surface area contributed by atoms with Gasteiger partial charge < -0.3 is 10.3 Å². The average molecular weight is 378 g/mol. The number of H-pyrrole nitrogens is 1. The topological polar surface area (TPSA) is 74.8 Å². The zero-order valence-corrected chi connectivity index (χ0v) is 15.8. The Bertz CT molecular complexity index is 866. The Labute approximate surface area is 155 Å². The lowest BCUT2D eigenvalue weighted by Crippen LogP contribution is -2.25. The smallest absolute Gasteiger partial charge is 0.254 e. The first-order chi connectivity index (χ1) is 11.9. The number of hydrogen-bond acceptors (Lipinski definition) is 4. The minimum Gasteiger partial charge on any atom is -0.325 e. The van der Waals surface area contributed by atoms with Crippen molar-refractivity contribution in [1.29, 1.82) is 0 Å². The molecule has 1 aliphatic rings. The summed E-state index contributed by atoms with van der Waals surface area (Å²) in [6.07, 6.45) is 3.70. The van der Waals surface area contributed by atoms with Crippen molar-refractivity contribution in [3.8, 4) is 0 Å². The summed E-state index contributed by atoms with van der Waals surface area (Å²) < 4.78 is 0. The number of nitrogens with one attached hydrogen (secondary N) is 2. The third-order valence-corrected chi connectivity index (χ3v) is 5.66. The van der Waals surface area contributed by atoms with Crippen LogP contribution in [-0.2, 0) is 17.6 Å². The van der Waals surface area contributed by atoms with Crippen molar-refractivity contribution in [2.75, 3.05) is 5.32 Å². The summed E-state index contributed by atoms with van der Waals surface area (Å²) in [5.74, 6) is -0.162. The van der Waals surface area contributed by atoms with Crippen molar-refractivity contribution in [2.24, 2.45) is 0 Å². The van der Waals surface area contributed by atoms with Gasteiger partial charge in [0.1, 0.15) is 0 Å². The molecule has 1 amide bonds. The summed E-state index contributed by atoms with van der Waals surface area (Å²) in [4.78, 5) is 31.9. The van der Waals surface area contributed by atoms with Gasteiger partial charge in [0.25, 0.3) is 5.56 Å². The molecule has 0 saturated carbocycles. The van der Waals surface area contributed by atoms with E-state index in [0.29, 0.717) is 15.9 Å². The van der Waals surface area contributed by atoms with Gasteiger partial charge in [-0.3, -0.25) is 9.59 Å². The lowest BCUT2D eigenvalue weighted by molar-refractivity contribution is -0.115. The molecule has 1 aliphatic carbocycles. The van der Waals surface area contributed by atoms with Crippen LogP contribution in [-0.4, -0.2) is 21.1 Å². The monoisotopic (exact) mass is 377 g/mol. The number of anilines is 1. The highest BCUT2D eigenvalue weighted by Gasteiger charge is 2.20. The number of fused-ring (bicyclic) bond motifs is 1. The number of nitrogens with zero attached hydrogens (tertiary/aromatic N) is 1. The van der Waals surface area contributed by atoms with Gasteiger partial charge in [-0.2, -0.15) is 0 Å². The van der Waals surface area contributed by atoms with E-state index in [2.05, 4.69) is 15.3 Å². The van der Waals surface area contributed by atoms with Crippen LogP contribution in [0.15, 0.2) is 28.2 Å². The molecule has 0 bridgehead atoms. The van der Waals surface area contributed by atoms with E-state index in [1.807, 2.05) is 19.1 Å². The molecule has 7 heteroatoms. The Hall–Kier alpha value is -1.79. The predicted octanol–water partition coefficient (Wildman–Crippen LogP) is 3.73. The highest BCUT2D eigenvalue weighted by molar-refractivity contribution is 8.00. The van der Waals surface area contributed by atoms with Gasteiger partial charge in [0.15, 0.2) is 5.16 Å². The summed E-state index contributed by atoms with van der Waals surface area (Å²) in [6, 6.07) is 5.40. The molecule has 0 unspecified atom stereocenters. The summed E-state index contributed by atoms with van der Waals surface area (Å²) >= 11 is 7.34. The van der Waals surface area contributed by atoms with E-state index < -0.39 is 5.25 Å². The number of aromatic amines is 1. The van der Waals surface area contributed by atoms with Crippen molar-refractivity contribution >= 4 is 35.0 Å². The number of rotatable bonds is 4. The molecule has 0 fully saturated rings. The van der Waals surface area contributed by atoms with Gasteiger partial charge in [-0.25, -0.2) is 4.98 Å². The number of hydrogen-bond donors (Lipinski definition) is 2. The largest absolute Gasteiger partial charge is 0.325 e. The number of carbonyl (C=O) groups excluding carboxylic acids is 1. The SMILES string of the molecule is Cc1ccc(NC(=O)[C@H](C)Sc2nc3c(c(=O)[nH]2)CCCC3)cc1Cl. The minimum atomic E-state index is -0.398. The van der Waals surface area contributed by atoms with Crippen molar-refractivity contribution < 1.29 is 4.79 Å². The predicted molar refractivity (Wildman–Crippen MR) is 102 cm³/mol. The van der Waals surface area contributed by atoms with E-state index in [-0.39, 0.29) is 11.5 Å². The molecule has 1 atom stereocenters. The van der Waals surface area contributed by atoms with E-state index in [1.54, 1.807) is 13.0 Å². The van der Waals surface area contributed by atoms with Crippen LogP contribution in [0.3, 0.4) is 0 Å². The molecule has 0 aliphatic heterocycles. The normalized spacial score (nSPS) is 14.7. The second kappa shape index (κ2) is 7.62. The summed E-state index contributed by atoms with van der Waals surface area (Å²) in [6.45, 7) is 3.69. The van der Waals surface area contributed by atoms with Crippen molar-refractivity contribution in [3.63, 3.8) is 0 Å². The summed E-state index contributed by atoms with van der Waals surface area (Å²) in [5.41, 5.74) is 3.19. The van der Waals surface area contributed by atoms with E-state index in [0.717, 1.165) is 42.5 Å². The summed E-state index contributed by atoms with van der Waals surface area (Å²) in [5, 5.41) is 3.55. The molecule has 25 heavy (non-hydrogen) atoms. The fourth-order valence-corrected chi connectivity index (χ4v) is 3.77. The maximum Gasteiger partial charge on any atom is 0.254 e. The lowest BCUT2D eigenvalue weighted by Gasteiger charge is -2.16. The molecule has 2 aromatic rings. The number of carbonyl (C=O) groups is 1. The quantitative estimate of drug-likeness (QED) is 0.628.